The van der Waals surface area contributed by atoms with E-state index in [2.05, 4.69) is 26.4 Å². The molecule has 1 saturated heterocycles. The minimum Gasteiger partial charge on any atom is -0.380 e. The Balaban J connectivity index is 0.00000106. The van der Waals surface area contributed by atoms with Gasteiger partial charge in [-0.25, -0.2) is 4.98 Å². The maximum atomic E-state index is 11.6. The van der Waals surface area contributed by atoms with Crippen molar-refractivity contribution in [3.05, 3.63) is 29.7 Å². The Bertz CT molecular complexity index is 1040. The van der Waals surface area contributed by atoms with Gasteiger partial charge in [-0.3, -0.25) is 9.48 Å². The first-order chi connectivity index (χ1) is 14.5. The number of fused-ring (bicyclic) bond motifs is 2. The second-order valence-corrected chi connectivity index (χ2v) is 8.49. The summed E-state index contributed by atoms with van der Waals surface area (Å²) in [7, 11) is 1.90. The minimum atomic E-state index is 0.188. The molecule has 1 amide bonds. The van der Waals surface area contributed by atoms with Crippen LogP contribution in [0.5, 0.6) is 0 Å². The second kappa shape index (κ2) is 8.30. The molecule has 5 rings (SSSR count). The lowest BCUT2D eigenvalue weighted by atomic mass is 10.0. The van der Waals surface area contributed by atoms with Crippen LogP contribution in [0.15, 0.2) is 24.7 Å². The summed E-state index contributed by atoms with van der Waals surface area (Å²) in [6, 6.07) is 2.45. The van der Waals surface area contributed by atoms with Crippen molar-refractivity contribution in [2.75, 3.05) is 18.4 Å². The Hall–Kier alpha value is -2.54. The van der Waals surface area contributed by atoms with Gasteiger partial charge >= 0.3 is 0 Å². The fourth-order valence-electron chi connectivity index (χ4n) is 4.79. The number of hydrogen-bond acceptors (Lipinski definition) is 4. The van der Waals surface area contributed by atoms with E-state index in [0.29, 0.717) is 22.9 Å². The molecule has 2 aliphatic rings. The zero-order valence-corrected chi connectivity index (χ0v) is 18.7. The highest BCUT2D eigenvalue weighted by molar-refractivity contribution is 6.34. The predicted octanol–water partition coefficient (Wildman–Crippen LogP) is 4.31. The number of likely N-dealkylation sites (tertiary alicyclic amines) is 1. The van der Waals surface area contributed by atoms with Gasteiger partial charge in [-0.05, 0) is 30.7 Å². The molecular weight excluding hydrogens is 400 g/mol. The molecule has 7 nitrogen and oxygen atoms in total. The van der Waals surface area contributed by atoms with Crippen molar-refractivity contribution >= 4 is 34.2 Å². The summed E-state index contributed by atoms with van der Waals surface area (Å²) in [5.74, 6) is 1.34. The average Bonchev–Trinajstić information content (AvgIpc) is 3.47. The second-order valence-electron chi connectivity index (χ2n) is 8.09. The van der Waals surface area contributed by atoms with E-state index in [1.165, 1.54) is 0 Å². The highest BCUT2D eigenvalue weighted by Crippen LogP contribution is 2.41. The molecule has 2 atom stereocenters. The van der Waals surface area contributed by atoms with Crippen molar-refractivity contribution in [2.45, 2.75) is 39.7 Å². The van der Waals surface area contributed by atoms with E-state index >= 15 is 0 Å². The van der Waals surface area contributed by atoms with Crippen molar-refractivity contribution in [3.63, 3.8) is 0 Å². The van der Waals surface area contributed by atoms with Crippen LogP contribution in [0.4, 0.5) is 5.69 Å². The third-order valence-corrected chi connectivity index (χ3v) is 6.46. The molecule has 30 heavy (non-hydrogen) atoms. The first-order valence-electron chi connectivity index (χ1n) is 10.7. The largest absolute Gasteiger partial charge is 0.380 e. The Morgan fingerprint density at radius 2 is 1.93 bits per heavy atom. The number of rotatable bonds is 3. The summed E-state index contributed by atoms with van der Waals surface area (Å²) in [5.41, 5.74) is 3.74. The van der Waals surface area contributed by atoms with Crippen LogP contribution in [-0.4, -0.2) is 49.7 Å². The van der Waals surface area contributed by atoms with E-state index in [1.807, 2.05) is 38.2 Å². The molecule has 8 heteroatoms. The summed E-state index contributed by atoms with van der Waals surface area (Å²) in [4.78, 5) is 21.4. The van der Waals surface area contributed by atoms with Gasteiger partial charge in [0, 0.05) is 50.2 Å². The number of hydrogen-bond donors (Lipinski definition) is 2. The highest BCUT2D eigenvalue weighted by atomic mass is 35.5. The van der Waals surface area contributed by atoms with E-state index in [9.17, 15) is 4.79 Å². The topological polar surface area (TPSA) is 78.8 Å². The normalized spacial score (nSPS) is 22.7. The van der Waals surface area contributed by atoms with Gasteiger partial charge in [0.05, 0.1) is 28.8 Å². The van der Waals surface area contributed by atoms with Crippen LogP contribution in [0, 0.1) is 11.8 Å². The van der Waals surface area contributed by atoms with Crippen LogP contribution < -0.4 is 5.32 Å². The van der Waals surface area contributed by atoms with E-state index < -0.39 is 0 Å². The van der Waals surface area contributed by atoms with Crippen LogP contribution in [0.3, 0.4) is 0 Å². The van der Waals surface area contributed by atoms with Crippen molar-refractivity contribution in [1.82, 2.24) is 24.6 Å². The maximum absolute atomic E-state index is 11.6. The van der Waals surface area contributed by atoms with Gasteiger partial charge < -0.3 is 15.2 Å². The van der Waals surface area contributed by atoms with Gasteiger partial charge in [0.15, 0.2) is 0 Å². The van der Waals surface area contributed by atoms with Gasteiger partial charge in [0.2, 0.25) is 5.91 Å². The zero-order valence-electron chi connectivity index (χ0n) is 17.9. The summed E-state index contributed by atoms with van der Waals surface area (Å²) in [6.45, 7) is 7.43. The molecule has 0 bridgehead atoms. The van der Waals surface area contributed by atoms with Crippen molar-refractivity contribution in [2.24, 2.45) is 18.9 Å². The quantitative estimate of drug-likeness (QED) is 0.651. The van der Waals surface area contributed by atoms with Crippen molar-refractivity contribution in [3.8, 4) is 11.3 Å². The number of carbonyl (C=O) groups is 1. The molecule has 3 aromatic rings. The smallest absolute Gasteiger partial charge is 0.219 e. The first-order valence-corrected chi connectivity index (χ1v) is 11.0. The highest BCUT2D eigenvalue weighted by Gasteiger charge is 2.41. The van der Waals surface area contributed by atoms with Crippen molar-refractivity contribution < 1.29 is 4.79 Å². The Labute approximate surface area is 181 Å². The first kappa shape index (κ1) is 20.7. The third kappa shape index (κ3) is 3.78. The Kier molecular flexibility index (Phi) is 5.73. The molecule has 1 aliphatic carbocycles. The number of H-pyrrole nitrogens is 1. The van der Waals surface area contributed by atoms with Crippen LogP contribution in [0.1, 0.15) is 33.6 Å². The molecular formula is C22H29ClN6O. The lowest BCUT2D eigenvalue weighted by Gasteiger charge is -2.20. The molecule has 3 aromatic heterocycles. The lowest BCUT2D eigenvalue weighted by molar-refractivity contribution is -0.128. The SMILES string of the molecule is CC.CC(=O)N1CC2CC(Nc3c(Cl)cnc4[nH]c(-c5cnn(C)c5)cc34)CC2C1. The fraction of sp³-hybridized carbons (Fsp3) is 0.500. The summed E-state index contributed by atoms with van der Waals surface area (Å²) in [5, 5.41) is 9.55. The summed E-state index contributed by atoms with van der Waals surface area (Å²) < 4.78 is 1.78. The van der Waals surface area contributed by atoms with Gasteiger partial charge in [-0.2, -0.15) is 5.10 Å². The molecule has 1 saturated carbocycles. The molecule has 4 heterocycles. The summed E-state index contributed by atoms with van der Waals surface area (Å²) >= 11 is 6.52. The molecule has 2 unspecified atom stereocenters. The van der Waals surface area contributed by atoms with Crippen LogP contribution in [0.2, 0.25) is 5.02 Å². The molecule has 0 spiro atoms. The van der Waals surface area contributed by atoms with Gasteiger partial charge in [-0.15, -0.1) is 0 Å². The van der Waals surface area contributed by atoms with Crippen molar-refractivity contribution in [1.29, 1.82) is 0 Å². The number of aromatic nitrogens is 4. The molecule has 160 valence electrons. The van der Waals surface area contributed by atoms with Crippen LogP contribution >= 0.6 is 11.6 Å². The molecule has 2 N–H and O–H groups in total. The number of amides is 1. The number of anilines is 1. The summed E-state index contributed by atoms with van der Waals surface area (Å²) in [6.07, 6.45) is 7.63. The Morgan fingerprint density at radius 3 is 2.53 bits per heavy atom. The van der Waals surface area contributed by atoms with Gasteiger partial charge in [0.25, 0.3) is 0 Å². The molecule has 2 fully saturated rings. The van der Waals surface area contributed by atoms with Crippen LogP contribution in [-0.2, 0) is 11.8 Å². The van der Waals surface area contributed by atoms with E-state index in [1.54, 1.807) is 17.8 Å². The van der Waals surface area contributed by atoms with E-state index in [0.717, 1.165) is 53.9 Å². The molecule has 0 aromatic carbocycles. The van der Waals surface area contributed by atoms with E-state index in [-0.39, 0.29) is 5.91 Å². The Morgan fingerprint density at radius 1 is 1.23 bits per heavy atom. The number of aryl methyl sites for hydroxylation is 1. The van der Waals surface area contributed by atoms with E-state index in [4.69, 9.17) is 11.6 Å². The van der Waals surface area contributed by atoms with Gasteiger partial charge in [-0.1, -0.05) is 25.4 Å². The standard InChI is InChI=1S/C20H23ClN6O.C2H6/c1-11(28)27-9-12-3-15(4-13(12)10-27)24-19-16-5-18(14-6-23-26(2)8-14)25-20(16)22-7-17(19)21;1-2/h5-8,12-13,15H,3-4,9-10H2,1-2H3,(H2,22,24,25);1-2H3. The lowest BCUT2D eigenvalue weighted by Crippen LogP contribution is -2.29. The number of aromatic amines is 1. The molecule has 1 aliphatic heterocycles. The maximum Gasteiger partial charge on any atom is 0.219 e. The predicted molar refractivity (Wildman–Crippen MR) is 121 cm³/mol. The number of halogens is 1. The zero-order chi connectivity index (χ0) is 21.4. The minimum absolute atomic E-state index is 0.188. The monoisotopic (exact) mass is 428 g/mol. The average molecular weight is 429 g/mol. The third-order valence-electron chi connectivity index (χ3n) is 6.17. The number of pyridine rings is 1. The number of nitrogens with zero attached hydrogens (tertiary/aromatic N) is 4. The number of carbonyl (C=O) groups excluding carboxylic acids is 1. The van der Waals surface area contributed by atoms with Gasteiger partial charge in [0.1, 0.15) is 5.65 Å². The van der Waals surface area contributed by atoms with Crippen LogP contribution in [0.25, 0.3) is 22.3 Å². The fourth-order valence-corrected chi connectivity index (χ4v) is 5.00. The molecule has 0 radical (unpaired) electrons. The number of nitrogens with one attached hydrogen (secondary N) is 2.